The summed E-state index contributed by atoms with van der Waals surface area (Å²) in [5, 5.41) is 1.55. The largest absolute Gasteiger partial charge is 0.385 e. The zero-order valence-corrected chi connectivity index (χ0v) is 11.9. The van der Waals surface area contributed by atoms with Crippen LogP contribution in [0.5, 0.6) is 0 Å². The smallest absolute Gasteiger partial charge is 0.264 e. The topological polar surface area (TPSA) is 48.0 Å². The third kappa shape index (κ3) is 1.98. The minimum absolute atomic E-state index is 0.0814. The number of pyridine rings is 1. The van der Waals surface area contributed by atoms with Gasteiger partial charge in [0.05, 0.1) is 5.69 Å². The van der Waals surface area contributed by atoms with Gasteiger partial charge in [-0.15, -0.1) is 11.8 Å². The van der Waals surface area contributed by atoms with E-state index in [2.05, 4.69) is 0 Å². The van der Waals surface area contributed by atoms with E-state index in [1.54, 1.807) is 16.3 Å². The molecule has 2 N–H and O–H groups in total. The number of hydrogen-bond acceptors (Lipinski definition) is 3. The van der Waals surface area contributed by atoms with Crippen molar-refractivity contribution in [3.05, 3.63) is 65.0 Å². The Labute approximate surface area is 121 Å². The molecule has 0 atom stereocenters. The lowest BCUT2D eigenvalue weighted by atomic mass is 10.1. The zero-order valence-electron chi connectivity index (χ0n) is 11.0. The highest BCUT2D eigenvalue weighted by Gasteiger charge is 2.11. The molecule has 2 aromatic carbocycles. The second-order valence-corrected chi connectivity index (χ2v) is 5.32. The third-order valence-electron chi connectivity index (χ3n) is 3.28. The van der Waals surface area contributed by atoms with Crippen LogP contribution in [0.25, 0.3) is 16.5 Å². The van der Waals surface area contributed by atoms with Crippen molar-refractivity contribution in [1.29, 1.82) is 0 Å². The van der Waals surface area contributed by atoms with Crippen LogP contribution < -0.4 is 11.3 Å². The molecule has 100 valence electrons. The van der Waals surface area contributed by atoms with E-state index in [0.29, 0.717) is 11.2 Å². The summed E-state index contributed by atoms with van der Waals surface area (Å²) in [6, 6.07) is 17.1. The molecule has 0 fully saturated rings. The summed E-state index contributed by atoms with van der Waals surface area (Å²) in [5.41, 5.74) is 6.84. The van der Waals surface area contributed by atoms with Crippen molar-refractivity contribution in [2.75, 3.05) is 12.0 Å². The van der Waals surface area contributed by atoms with Crippen LogP contribution in [-0.2, 0) is 0 Å². The Morgan fingerprint density at radius 1 is 1.05 bits per heavy atom. The highest BCUT2D eigenvalue weighted by molar-refractivity contribution is 7.98. The van der Waals surface area contributed by atoms with Crippen molar-refractivity contribution >= 4 is 28.4 Å². The summed E-state index contributed by atoms with van der Waals surface area (Å²) in [6.07, 6.45) is 1.99. The number of thioether (sulfide) groups is 1. The molecule has 0 amide bonds. The first-order valence-corrected chi connectivity index (χ1v) is 7.48. The summed E-state index contributed by atoms with van der Waals surface area (Å²) < 4.78 is 1.58. The molecule has 3 rings (SSSR count). The number of anilines is 1. The van der Waals surface area contributed by atoms with Crippen LogP contribution in [-0.4, -0.2) is 10.8 Å². The van der Waals surface area contributed by atoms with Crippen LogP contribution in [0.1, 0.15) is 0 Å². The molecule has 0 saturated heterocycles. The third-order valence-corrected chi connectivity index (χ3v) is 4.07. The number of para-hydroxylation sites is 1. The van der Waals surface area contributed by atoms with E-state index < -0.39 is 0 Å². The number of benzene rings is 2. The standard InChI is InChI=1S/C16H14N2OS/c1-20-14-9-5-4-8-13(14)18-15(17)10-11-6-2-3-7-12(11)16(18)19/h2-10H,17H2,1H3. The number of nitrogens with zero attached hydrogens (tertiary/aromatic N) is 1. The van der Waals surface area contributed by atoms with E-state index in [4.69, 9.17) is 5.73 Å². The predicted octanol–water partition coefficient (Wildman–Crippen LogP) is 3.29. The maximum Gasteiger partial charge on any atom is 0.264 e. The van der Waals surface area contributed by atoms with Crippen LogP contribution in [0.4, 0.5) is 5.82 Å². The van der Waals surface area contributed by atoms with Crippen LogP contribution in [0, 0.1) is 0 Å². The molecule has 0 aliphatic heterocycles. The lowest BCUT2D eigenvalue weighted by molar-refractivity contribution is 0.993. The minimum Gasteiger partial charge on any atom is -0.385 e. The van der Waals surface area contributed by atoms with Gasteiger partial charge in [-0.1, -0.05) is 30.3 Å². The van der Waals surface area contributed by atoms with Crippen LogP contribution in [0.15, 0.2) is 64.3 Å². The Bertz CT molecular complexity index is 839. The lowest BCUT2D eigenvalue weighted by Crippen LogP contribution is -2.21. The summed E-state index contributed by atoms with van der Waals surface area (Å²) in [7, 11) is 0. The van der Waals surface area contributed by atoms with Gasteiger partial charge in [-0.25, -0.2) is 0 Å². The number of hydrogen-bond donors (Lipinski definition) is 1. The summed E-state index contributed by atoms with van der Waals surface area (Å²) in [4.78, 5) is 13.7. The molecule has 0 aliphatic carbocycles. The first-order chi connectivity index (χ1) is 9.72. The molecule has 4 heteroatoms. The van der Waals surface area contributed by atoms with Gasteiger partial charge in [-0.2, -0.15) is 0 Å². The molecule has 20 heavy (non-hydrogen) atoms. The first-order valence-electron chi connectivity index (χ1n) is 6.26. The van der Waals surface area contributed by atoms with Crippen LogP contribution in [0.2, 0.25) is 0 Å². The van der Waals surface area contributed by atoms with Gasteiger partial charge in [0.2, 0.25) is 0 Å². The lowest BCUT2D eigenvalue weighted by Gasteiger charge is -2.14. The summed E-state index contributed by atoms with van der Waals surface area (Å²) in [5.74, 6) is 0.454. The zero-order chi connectivity index (χ0) is 14.1. The molecule has 3 aromatic rings. The summed E-state index contributed by atoms with van der Waals surface area (Å²) >= 11 is 1.60. The maximum atomic E-state index is 12.7. The van der Waals surface area contributed by atoms with Crippen LogP contribution >= 0.6 is 11.8 Å². The average Bonchev–Trinajstić information content (AvgIpc) is 2.48. The van der Waals surface area contributed by atoms with Crippen molar-refractivity contribution in [3.63, 3.8) is 0 Å². The number of rotatable bonds is 2. The van der Waals surface area contributed by atoms with Gasteiger partial charge in [0, 0.05) is 10.3 Å². The molecule has 3 nitrogen and oxygen atoms in total. The van der Waals surface area contributed by atoms with E-state index >= 15 is 0 Å². The van der Waals surface area contributed by atoms with E-state index in [9.17, 15) is 4.79 Å². The highest BCUT2D eigenvalue weighted by atomic mass is 32.2. The van der Waals surface area contributed by atoms with Gasteiger partial charge in [0.1, 0.15) is 5.82 Å². The van der Waals surface area contributed by atoms with Crippen molar-refractivity contribution < 1.29 is 0 Å². The SMILES string of the molecule is CSc1ccccc1-n1c(N)cc2ccccc2c1=O. The fraction of sp³-hybridized carbons (Fsp3) is 0.0625. The number of fused-ring (bicyclic) bond motifs is 1. The highest BCUT2D eigenvalue weighted by Crippen LogP contribution is 2.25. The minimum atomic E-state index is -0.0814. The van der Waals surface area contributed by atoms with Crippen LogP contribution in [0.3, 0.4) is 0 Å². The molecular formula is C16H14N2OS. The van der Waals surface area contributed by atoms with Crippen molar-refractivity contribution in [3.8, 4) is 5.69 Å². The molecule has 0 aliphatic rings. The fourth-order valence-electron chi connectivity index (χ4n) is 2.34. The number of nitrogen functional groups attached to an aromatic ring is 1. The second kappa shape index (κ2) is 5.06. The van der Waals surface area contributed by atoms with Gasteiger partial charge in [0.25, 0.3) is 5.56 Å². The number of nitrogens with two attached hydrogens (primary N) is 1. The van der Waals surface area contributed by atoms with Gasteiger partial charge in [0.15, 0.2) is 0 Å². The van der Waals surface area contributed by atoms with Gasteiger partial charge >= 0.3 is 0 Å². The molecular weight excluding hydrogens is 268 g/mol. The molecule has 1 aromatic heterocycles. The quantitative estimate of drug-likeness (QED) is 0.734. The van der Waals surface area contributed by atoms with Crippen molar-refractivity contribution in [1.82, 2.24) is 4.57 Å². The normalized spacial score (nSPS) is 10.8. The monoisotopic (exact) mass is 282 g/mol. The van der Waals surface area contributed by atoms with Gasteiger partial charge in [-0.3, -0.25) is 9.36 Å². The van der Waals surface area contributed by atoms with E-state index in [1.807, 2.05) is 60.9 Å². The second-order valence-electron chi connectivity index (χ2n) is 4.47. The molecule has 0 radical (unpaired) electrons. The van der Waals surface area contributed by atoms with Crippen molar-refractivity contribution in [2.45, 2.75) is 4.90 Å². The predicted molar refractivity (Wildman–Crippen MR) is 85.7 cm³/mol. The first kappa shape index (κ1) is 12.8. The Morgan fingerprint density at radius 3 is 2.55 bits per heavy atom. The average molecular weight is 282 g/mol. The molecule has 0 saturated carbocycles. The molecule has 0 spiro atoms. The fourth-order valence-corrected chi connectivity index (χ4v) is 2.93. The molecule has 0 unspecified atom stereocenters. The molecule has 0 bridgehead atoms. The van der Waals surface area contributed by atoms with Gasteiger partial charge < -0.3 is 5.73 Å². The Balaban J connectivity index is 2.40. The maximum absolute atomic E-state index is 12.7. The Morgan fingerprint density at radius 2 is 1.75 bits per heavy atom. The summed E-state index contributed by atoms with van der Waals surface area (Å²) in [6.45, 7) is 0. The molecule has 1 heterocycles. The van der Waals surface area contributed by atoms with Crippen molar-refractivity contribution in [2.24, 2.45) is 0 Å². The van der Waals surface area contributed by atoms with E-state index in [0.717, 1.165) is 16.0 Å². The Hall–Kier alpha value is -2.20. The van der Waals surface area contributed by atoms with E-state index in [1.165, 1.54) is 0 Å². The van der Waals surface area contributed by atoms with E-state index in [-0.39, 0.29) is 5.56 Å². The number of aromatic nitrogens is 1. The van der Waals surface area contributed by atoms with Gasteiger partial charge in [-0.05, 0) is 35.9 Å². The Kier molecular flexibility index (Phi) is 3.24.